The van der Waals surface area contributed by atoms with E-state index in [4.69, 9.17) is 9.15 Å². The fourth-order valence-electron chi connectivity index (χ4n) is 2.34. The molecule has 0 saturated carbocycles. The van der Waals surface area contributed by atoms with E-state index in [0.717, 1.165) is 0 Å². The molecule has 0 unspecified atom stereocenters. The highest BCUT2D eigenvalue weighted by Gasteiger charge is 2.17. The number of esters is 1. The average Bonchev–Trinajstić information content (AvgIpc) is 3.18. The van der Waals surface area contributed by atoms with Crippen LogP contribution in [0.1, 0.15) is 10.4 Å². The lowest BCUT2D eigenvalue weighted by atomic mass is 10.1. The molecule has 2 heterocycles. The van der Waals surface area contributed by atoms with Crippen molar-refractivity contribution in [2.24, 2.45) is 0 Å². The van der Waals surface area contributed by atoms with Gasteiger partial charge in [-0.25, -0.2) is 9.78 Å². The zero-order valence-corrected chi connectivity index (χ0v) is 13.4. The van der Waals surface area contributed by atoms with Crippen LogP contribution in [-0.2, 0) is 9.53 Å². The van der Waals surface area contributed by atoms with E-state index in [1.165, 1.54) is 6.26 Å². The van der Waals surface area contributed by atoms with Gasteiger partial charge in [-0.05, 0) is 24.3 Å². The Hall–Kier alpha value is -3.41. The maximum absolute atomic E-state index is 12.5. The van der Waals surface area contributed by atoms with Crippen molar-refractivity contribution < 1.29 is 18.7 Å². The van der Waals surface area contributed by atoms with Crippen LogP contribution in [0.4, 0.5) is 0 Å². The Morgan fingerprint density at radius 3 is 2.84 bits per heavy atom. The number of benzene rings is 1. The molecule has 0 bridgehead atoms. The first-order valence-electron chi connectivity index (χ1n) is 7.67. The van der Waals surface area contributed by atoms with Gasteiger partial charge in [0.05, 0.1) is 17.3 Å². The van der Waals surface area contributed by atoms with E-state index in [2.05, 4.69) is 16.9 Å². The Balaban J connectivity index is 1.90. The van der Waals surface area contributed by atoms with E-state index in [9.17, 15) is 9.59 Å². The third-order valence-corrected chi connectivity index (χ3v) is 3.49. The van der Waals surface area contributed by atoms with Gasteiger partial charge in [-0.3, -0.25) is 4.79 Å². The minimum Gasteiger partial charge on any atom is -0.463 e. The van der Waals surface area contributed by atoms with Gasteiger partial charge < -0.3 is 14.5 Å². The van der Waals surface area contributed by atoms with E-state index >= 15 is 0 Å². The molecule has 1 aromatic carbocycles. The summed E-state index contributed by atoms with van der Waals surface area (Å²) in [5, 5.41) is 3.20. The van der Waals surface area contributed by atoms with Crippen LogP contribution in [0.15, 0.2) is 65.8 Å². The lowest BCUT2D eigenvalue weighted by Gasteiger charge is -2.09. The number of carbonyl (C=O) groups excluding carboxylic acids is 2. The number of pyridine rings is 1. The van der Waals surface area contributed by atoms with Crippen molar-refractivity contribution in [1.82, 2.24) is 10.3 Å². The lowest BCUT2D eigenvalue weighted by Crippen LogP contribution is -2.28. The monoisotopic (exact) mass is 336 g/mol. The third-order valence-electron chi connectivity index (χ3n) is 3.49. The van der Waals surface area contributed by atoms with Gasteiger partial charge in [0.2, 0.25) is 0 Å². The van der Waals surface area contributed by atoms with E-state index in [1.54, 1.807) is 36.4 Å². The van der Waals surface area contributed by atoms with Gasteiger partial charge in [-0.2, -0.15) is 0 Å². The number of nitrogens with zero attached hydrogens (tertiary/aromatic N) is 1. The summed E-state index contributed by atoms with van der Waals surface area (Å²) in [5.41, 5.74) is 1.49. The van der Waals surface area contributed by atoms with Crippen molar-refractivity contribution >= 4 is 22.8 Å². The molecule has 0 spiro atoms. The molecule has 25 heavy (non-hydrogen) atoms. The Morgan fingerprint density at radius 1 is 1.24 bits per heavy atom. The second kappa shape index (κ2) is 7.44. The van der Waals surface area contributed by atoms with Crippen LogP contribution in [-0.4, -0.2) is 30.0 Å². The number of para-hydroxylation sites is 1. The molecule has 0 aliphatic carbocycles. The molecule has 0 aliphatic rings. The molecule has 126 valence electrons. The van der Waals surface area contributed by atoms with Crippen LogP contribution in [0.3, 0.4) is 0 Å². The van der Waals surface area contributed by atoms with Gasteiger partial charge in [-0.15, -0.1) is 6.58 Å². The summed E-state index contributed by atoms with van der Waals surface area (Å²) in [5.74, 6) is -0.443. The number of nitrogens with one attached hydrogen (secondary N) is 1. The number of fused-ring (bicyclic) bond motifs is 1. The van der Waals surface area contributed by atoms with Gasteiger partial charge >= 0.3 is 5.97 Å². The maximum atomic E-state index is 12.5. The number of carbonyl (C=O) groups is 2. The first kappa shape index (κ1) is 16.4. The highest BCUT2D eigenvalue weighted by atomic mass is 16.5. The first-order chi connectivity index (χ1) is 12.2. The Labute approximate surface area is 144 Å². The summed E-state index contributed by atoms with van der Waals surface area (Å²) in [4.78, 5) is 28.6. The lowest BCUT2D eigenvalue weighted by molar-refractivity contribution is -0.124. The van der Waals surface area contributed by atoms with Crippen molar-refractivity contribution in [1.29, 1.82) is 0 Å². The average molecular weight is 336 g/mol. The minimum absolute atomic E-state index is 0.317. The van der Waals surface area contributed by atoms with Crippen molar-refractivity contribution in [2.75, 3.05) is 13.2 Å². The first-order valence-corrected chi connectivity index (χ1v) is 7.67. The van der Waals surface area contributed by atoms with Gasteiger partial charge in [0.15, 0.2) is 12.4 Å². The summed E-state index contributed by atoms with van der Waals surface area (Å²) in [7, 11) is 0. The molecule has 0 aliphatic heterocycles. The Kier molecular flexibility index (Phi) is 4.89. The maximum Gasteiger partial charge on any atom is 0.339 e. The van der Waals surface area contributed by atoms with Crippen LogP contribution in [0.5, 0.6) is 0 Å². The van der Waals surface area contributed by atoms with Crippen LogP contribution < -0.4 is 5.32 Å². The molecule has 3 rings (SSSR count). The molecule has 6 nitrogen and oxygen atoms in total. The molecule has 0 saturated heterocycles. The van der Waals surface area contributed by atoms with Crippen LogP contribution >= 0.6 is 0 Å². The van der Waals surface area contributed by atoms with Crippen molar-refractivity contribution in [2.45, 2.75) is 0 Å². The van der Waals surface area contributed by atoms with Crippen molar-refractivity contribution in [3.8, 4) is 11.5 Å². The second-order valence-corrected chi connectivity index (χ2v) is 5.22. The Bertz CT molecular complexity index is 916. The molecule has 6 heteroatoms. The summed E-state index contributed by atoms with van der Waals surface area (Å²) in [6, 6.07) is 12.3. The summed E-state index contributed by atoms with van der Waals surface area (Å²) in [6.07, 6.45) is 3.08. The molecule has 1 amide bonds. The molecular formula is C19H16N2O4. The summed E-state index contributed by atoms with van der Waals surface area (Å²) < 4.78 is 10.5. The van der Waals surface area contributed by atoms with Gasteiger partial charge in [0.1, 0.15) is 5.69 Å². The highest BCUT2D eigenvalue weighted by Crippen LogP contribution is 2.25. The fraction of sp³-hybridized carbons (Fsp3) is 0.105. The largest absolute Gasteiger partial charge is 0.463 e. The Morgan fingerprint density at radius 2 is 2.08 bits per heavy atom. The predicted molar refractivity (Wildman–Crippen MR) is 92.9 cm³/mol. The standard InChI is InChI=1S/C19H16N2O4/c1-2-9-20-18(22)12-25-19(23)14-11-16(17-8-5-10-24-17)21-15-7-4-3-6-13(14)15/h2-8,10-11H,1,9,12H2,(H,20,22). The third kappa shape index (κ3) is 3.74. The van der Waals surface area contributed by atoms with Gasteiger partial charge in [0.25, 0.3) is 5.91 Å². The zero-order valence-electron chi connectivity index (χ0n) is 13.4. The molecular weight excluding hydrogens is 320 g/mol. The molecule has 2 aromatic heterocycles. The number of hydrogen-bond acceptors (Lipinski definition) is 5. The molecule has 1 N–H and O–H groups in total. The van der Waals surface area contributed by atoms with E-state index in [1.807, 2.05) is 12.1 Å². The SMILES string of the molecule is C=CCNC(=O)COC(=O)c1cc(-c2ccco2)nc2ccccc12. The van der Waals surface area contributed by atoms with Crippen LogP contribution in [0, 0.1) is 0 Å². The highest BCUT2D eigenvalue weighted by molar-refractivity contribution is 6.05. The fourth-order valence-corrected chi connectivity index (χ4v) is 2.34. The van der Waals surface area contributed by atoms with E-state index in [-0.39, 0.29) is 6.61 Å². The number of furan rings is 1. The van der Waals surface area contributed by atoms with Crippen molar-refractivity contribution in [3.63, 3.8) is 0 Å². The molecule has 0 radical (unpaired) electrons. The number of amides is 1. The molecule has 0 fully saturated rings. The van der Waals surface area contributed by atoms with Crippen molar-refractivity contribution in [3.05, 3.63) is 66.9 Å². The zero-order chi connectivity index (χ0) is 17.6. The summed E-state index contributed by atoms with van der Waals surface area (Å²) >= 11 is 0. The molecule has 0 atom stereocenters. The summed E-state index contributed by atoms with van der Waals surface area (Å²) in [6.45, 7) is 3.46. The smallest absolute Gasteiger partial charge is 0.339 e. The quantitative estimate of drug-likeness (QED) is 0.553. The van der Waals surface area contributed by atoms with Gasteiger partial charge in [0, 0.05) is 11.9 Å². The van der Waals surface area contributed by atoms with Crippen LogP contribution in [0.25, 0.3) is 22.4 Å². The van der Waals surface area contributed by atoms with E-state index in [0.29, 0.717) is 34.5 Å². The van der Waals surface area contributed by atoms with Crippen LogP contribution in [0.2, 0.25) is 0 Å². The number of hydrogen-bond donors (Lipinski definition) is 1. The number of rotatable bonds is 6. The number of ether oxygens (including phenoxy) is 1. The topological polar surface area (TPSA) is 81.4 Å². The predicted octanol–water partition coefficient (Wildman–Crippen LogP) is 2.95. The molecule has 3 aromatic rings. The minimum atomic E-state index is -0.597. The second-order valence-electron chi connectivity index (χ2n) is 5.22. The number of aromatic nitrogens is 1. The van der Waals surface area contributed by atoms with E-state index < -0.39 is 11.9 Å². The van der Waals surface area contributed by atoms with Gasteiger partial charge in [-0.1, -0.05) is 24.3 Å². The normalized spacial score (nSPS) is 10.4.